The van der Waals surface area contributed by atoms with Crippen molar-refractivity contribution in [1.29, 1.82) is 0 Å². The van der Waals surface area contributed by atoms with Crippen LogP contribution in [0, 0.1) is 6.92 Å². The molecule has 0 amide bonds. The zero-order chi connectivity index (χ0) is 20.2. The van der Waals surface area contributed by atoms with Crippen molar-refractivity contribution in [2.75, 3.05) is 41.3 Å². The Morgan fingerprint density at radius 2 is 1.72 bits per heavy atom. The molecule has 0 spiro atoms. The maximum absolute atomic E-state index is 11.2. The van der Waals surface area contributed by atoms with Gasteiger partial charge >= 0.3 is 5.97 Å². The molecule has 3 heterocycles. The highest BCUT2D eigenvalue weighted by molar-refractivity contribution is 5.89. The summed E-state index contributed by atoms with van der Waals surface area (Å²) >= 11 is 0. The SMILES string of the molecule is Cc1nc(Nc2cccc(C(=O)O)c2)cc(N2CCN(c3ccccn3)CC2)n1. The normalized spacial score (nSPS) is 14.0. The molecule has 4 rings (SSSR count). The molecule has 3 aromatic rings. The van der Waals surface area contributed by atoms with Gasteiger partial charge in [0.1, 0.15) is 23.3 Å². The number of nitrogens with zero attached hydrogens (tertiary/aromatic N) is 5. The van der Waals surface area contributed by atoms with Gasteiger partial charge in [-0.15, -0.1) is 0 Å². The number of carboxylic acid groups (broad SMARTS) is 1. The maximum atomic E-state index is 11.2. The number of pyridine rings is 1. The number of hydrogen-bond donors (Lipinski definition) is 2. The molecule has 29 heavy (non-hydrogen) atoms. The fourth-order valence-electron chi connectivity index (χ4n) is 3.36. The van der Waals surface area contributed by atoms with Crippen LogP contribution in [0.1, 0.15) is 16.2 Å². The van der Waals surface area contributed by atoms with Crippen LogP contribution in [-0.4, -0.2) is 52.2 Å². The minimum atomic E-state index is -0.959. The minimum absolute atomic E-state index is 0.228. The van der Waals surface area contributed by atoms with Gasteiger partial charge in [0.2, 0.25) is 0 Å². The van der Waals surface area contributed by atoms with Crippen molar-refractivity contribution in [2.45, 2.75) is 6.92 Å². The Hall–Kier alpha value is -3.68. The quantitative estimate of drug-likeness (QED) is 0.687. The Balaban J connectivity index is 1.48. The summed E-state index contributed by atoms with van der Waals surface area (Å²) in [5, 5.41) is 12.4. The maximum Gasteiger partial charge on any atom is 0.335 e. The van der Waals surface area contributed by atoms with E-state index in [1.165, 1.54) is 0 Å². The lowest BCUT2D eigenvalue weighted by Crippen LogP contribution is -2.47. The van der Waals surface area contributed by atoms with E-state index < -0.39 is 5.97 Å². The summed E-state index contributed by atoms with van der Waals surface area (Å²) in [5.41, 5.74) is 0.903. The number of rotatable bonds is 5. The third-order valence-corrected chi connectivity index (χ3v) is 4.78. The zero-order valence-corrected chi connectivity index (χ0v) is 16.1. The summed E-state index contributed by atoms with van der Waals surface area (Å²) in [6.45, 7) is 5.25. The van der Waals surface area contributed by atoms with E-state index in [1.807, 2.05) is 43.5 Å². The van der Waals surface area contributed by atoms with Gasteiger partial charge in [-0.25, -0.2) is 19.7 Å². The number of aryl methyl sites for hydroxylation is 1. The predicted octanol–water partition coefficient (Wildman–Crippen LogP) is 2.95. The molecule has 0 radical (unpaired) electrons. The summed E-state index contributed by atoms with van der Waals surface area (Å²) in [6.07, 6.45) is 1.81. The molecule has 2 N–H and O–H groups in total. The average molecular weight is 390 g/mol. The Morgan fingerprint density at radius 3 is 2.41 bits per heavy atom. The number of aromatic nitrogens is 3. The molecule has 1 fully saturated rings. The molecular weight excluding hydrogens is 368 g/mol. The second kappa shape index (κ2) is 8.14. The number of anilines is 4. The second-order valence-electron chi connectivity index (χ2n) is 6.83. The molecule has 1 aliphatic rings. The first-order valence-corrected chi connectivity index (χ1v) is 9.45. The zero-order valence-electron chi connectivity index (χ0n) is 16.1. The third-order valence-electron chi connectivity index (χ3n) is 4.78. The first-order chi connectivity index (χ1) is 14.1. The van der Waals surface area contributed by atoms with E-state index in [2.05, 4.69) is 30.1 Å². The average Bonchev–Trinajstić information content (AvgIpc) is 2.74. The van der Waals surface area contributed by atoms with E-state index in [9.17, 15) is 4.79 Å². The molecule has 2 aromatic heterocycles. The van der Waals surface area contributed by atoms with E-state index in [0.29, 0.717) is 17.3 Å². The smallest absolute Gasteiger partial charge is 0.335 e. The summed E-state index contributed by atoms with van der Waals surface area (Å²) in [5.74, 6) is 2.19. The van der Waals surface area contributed by atoms with Gasteiger partial charge in [-0.2, -0.15) is 0 Å². The first kappa shape index (κ1) is 18.7. The summed E-state index contributed by atoms with van der Waals surface area (Å²) in [4.78, 5) is 29.1. The largest absolute Gasteiger partial charge is 0.478 e. The molecule has 1 saturated heterocycles. The van der Waals surface area contributed by atoms with E-state index in [4.69, 9.17) is 5.11 Å². The van der Waals surface area contributed by atoms with Gasteiger partial charge < -0.3 is 20.2 Å². The lowest BCUT2D eigenvalue weighted by Gasteiger charge is -2.36. The van der Waals surface area contributed by atoms with Crippen molar-refractivity contribution >= 4 is 29.1 Å². The lowest BCUT2D eigenvalue weighted by atomic mass is 10.2. The van der Waals surface area contributed by atoms with Crippen LogP contribution in [-0.2, 0) is 0 Å². The van der Waals surface area contributed by atoms with Crippen molar-refractivity contribution in [3.63, 3.8) is 0 Å². The van der Waals surface area contributed by atoms with Gasteiger partial charge in [0, 0.05) is 44.1 Å². The van der Waals surface area contributed by atoms with Gasteiger partial charge in [0.05, 0.1) is 5.56 Å². The highest BCUT2D eigenvalue weighted by Crippen LogP contribution is 2.22. The molecule has 0 saturated carbocycles. The predicted molar refractivity (Wildman–Crippen MR) is 112 cm³/mol. The van der Waals surface area contributed by atoms with E-state index in [-0.39, 0.29) is 5.56 Å². The highest BCUT2D eigenvalue weighted by Gasteiger charge is 2.20. The summed E-state index contributed by atoms with van der Waals surface area (Å²) in [6, 6.07) is 14.5. The van der Waals surface area contributed by atoms with Gasteiger partial charge in [-0.05, 0) is 37.3 Å². The molecule has 0 aliphatic carbocycles. The van der Waals surface area contributed by atoms with E-state index in [0.717, 1.165) is 37.8 Å². The van der Waals surface area contributed by atoms with Crippen LogP contribution in [0.15, 0.2) is 54.7 Å². The van der Waals surface area contributed by atoms with Gasteiger partial charge in [-0.3, -0.25) is 0 Å². The van der Waals surface area contributed by atoms with E-state index >= 15 is 0 Å². The minimum Gasteiger partial charge on any atom is -0.478 e. The molecule has 0 atom stereocenters. The second-order valence-corrected chi connectivity index (χ2v) is 6.83. The van der Waals surface area contributed by atoms with Crippen LogP contribution >= 0.6 is 0 Å². The number of hydrogen-bond acceptors (Lipinski definition) is 7. The van der Waals surface area contributed by atoms with Crippen molar-refractivity contribution in [1.82, 2.24) is 15.0 Å². The third kappa shape index (κ3) is 4.43. The molecule has 148 valence electrons. The molecule has 1 aliphatic heterocycles. The lowest BCUT2D eigenvalue weighted by molar-refractivity contribution is 0.0697. The van der Waals surface area contributed by atoms with E-state index in [1.54, 1.807) is 18.2 Å². The Labute approximate surface area is 168 Å². The number of aromatic carboxylic acids is 1. The van der Waals surface area contributed by atoms with Crippen LogP contribution in [0.3, 0.4) is 0 Å². The molecule has 8 nitrogen and oxygen atoms in total. The fourth-order valence-corrected chi connectivity index (χ4v) is 3.36. The monoisotopic (exact) mass is 390 g/mol. The van der Waals surface area contributed by atoms with Crippen molar-refractivity contribution in [3.05, 3.63) is 66.1 Å². The number of carboxylic acids is 1. The molecule has 1 aromatic carbocycles. The standard InChI is InChI=1S/C21H22N6O2/c1-15-23-18(25-17-6-4-5-16(13-17)21(28)29)14-20(24-15)27-11-9-26(10-12-27)19-7-2-3-8-22-19/h2-8,13-14H,9-12H2,1H3,(H,28,29)(H,23,24,25). The van der Waals surface area contributed by atoms with Gasteiger partial charge in [0.25, 0.3) is 0 Å². The Kier molecular flexibility index (Phi) is 5.24. The topological polar surface area (TPSA) is 94.5 Å². The number of benzene rings is 1. The molecule has 0 unspecified atom stereocenters. The molecular formula is C21H22N6O2. The van der Waals surface area contributed by atoms with Crippen LogP contribution in [0.5, 0.6) is 0 Å². The Bertz CT molecular complexity index is 1000. The van der Waals surface area contributed by atoms with Crippen LogP contribution in [0.25, 0.3) is 0 Å². The summed E-state index contributed by atoms with van der Waals surface area (Å²) in [7, 11) is 0. The number of nitrogens with one attached hydrogen (secondary N) is 1. The van der Waals surface area contributed by atoms with Crippen molar-refractivity contribution < 1.29 is 9.90 Å². The van der Waals surface area contributed by atoms with Crippen LogP contribution < -0.4 is 15.1 Å². The number of piperazine rings is 1. The fraction of sp³-hybridized carbons (Fsp3) is 0.238. The molecule has 0 bridgehead atoms. The Morgan fingerprint density at radius 1 is 0.966 bits per heavy atom. The van der Waals surface area contributed by atoms with Crippen LogP contribution in [0.2, 0.25) is 0 Å². The molecule has 8 heteroatoms. The summed E-state index contributed by atoms with van der Waals surface area (Å²) < 4.78 is 0. The van der Waals surface area contributed by atoms with Crippen molar-refractivity contribution in [2.24, 2.45) is 0 Å². The van der Waals surface area contributed by atoms with Crippen molar-refractivity contribution in [3.8, 4) is 0 Å². The highest BCUT2D eigenvalue weighted by atomic mass is 16.4. The van der Waals surface area contributed by atoms with Gasteiger partial charge in [-0.1, -0.05) is 12.1 Å². The van der Waals surface area contributed by atoms with Crippen LogP contribution in [0.4, 0.5) is 23.1 Å². The first-order valence-electron chi connectivity index (χ1n) is 9.45. The van der Waals surface area contributed by atoms with Gasteiger partial charge in [0.15, 0.2) is 0 Å². The number of carbonyl (C=O) groups is 1.